The number of carbonyl (C=O) groups excluding carboxylic acids is 2. The highest BCUT2D eigenvalue weighted by atomic mass is 35.5. The van der Waals surface area contributed by atoms with Crippen molar-refractivity contribution >= 4 is 34.8 Å². The zero-order valence-corrected chi connectivity index (χ0v) is 14.6. The molecule has 1 aliphatic heterocycles. The van der Waals surface area contributed by atoms with Gasteiger partial charge in [0.2, 0.25) is 11.8 Å². The molecule has 3 rings (SSSR count). The molecule has 2 amide bonds. The van der Waals surface area contributed by atoms with Crippen molar-refractivity contribution in [3.05, 3.63) is 58.4 Å². The van der Waals surface area contributed by atoms with Gasteiger partial charge in [-0.25, -0.2) is 4.39 Å². The molecule has 0 atom stereocenters. The monoisotopic (exact) mass is 360 g/mol. The van der Waals surface area contributed by atoms with Gasteiger partial charge in [0.1, 0.15) is 5.82 Å². The maximum atomic E-state index is 13.8. The Morgan fingerprint density at radius 2 is 2.12 bits per heavy atom. The molecule has 25 heavy (non-hydrogen) atoms. The van der Waals surface area contributed by atoms with Crippen LogP contribution in [0.15, 0.2) is 36.4 Å². The number of aryl methyl sites for hydroxylation is 1. The van der Waals surface area contributed by atoms with Crippen molar-refractivity contribution in [3.8, 4) is 0 Å². The highest BCUT2D eigenvalue weighted by molar-refractivity contribution is 6.31. The minimum absolute atomic E-state index is 0.120. The molecule has 1 aliphatic rings. The molecule has 0 spiro atoms. The van der Waals surface area contributed by atoms with Crippen LogP contribution in [-0.2, 0) is 16.0 Å². The minimum atomic E-state index is -0.498. The molecule has 0 bridgehead atoms. The van der Waals surface area contributed by atoms with Crippen molar-refractivity contribution in [3.63, 3.8) is 0 Å². The molecular formula is C19H18ClFN2O2. The number of benzene rings is 2. The third-order valence-electron chi connectivity index (χ3n) is 4.24. The molecule has 130 valence electrons. The second-order valence-electron chi connectivity index (χ2n) is 6.08. The fourth-order valence-corrected chi connectivity index (χ4v) is 3.24. The first-order valence-electron chi connectivity index (χ1n) is 8.09. The molecule has 0 radical (unpaired) electrons. The fraction of sp³-hybridized carbons (Fsp3) is 0.263. The number of hydrogen-bond donors (Lipinski definition) is 1. The van der Waals surface area contributed by atoms with Gasteiger partial charge in [0.15, 0.2) is 0 Å². The van der Waals surface area contributed by atoms with Crippen LogP contribution in [0.3, 0.4) is 0 Å². The van der Waals surface area contributed by atoms with Crippen LogP contribution in [0.2, 0.25) is 5.02 Å². The van der Waals surface area contributed by atoms with Gasteiger partial charge in [-0.2, -0.15) is 0 Å². The van der Waals surface area contributed by atoms with Gasteiger partial charge in [0.25, 0.3) is 0 Å². The average Bonchev–Trinajstić information content (AvgIpc) is 2.97. The van der Waals surface area contributed by atoms with E-state index in [-0.39, 0.29) is 28.8 Å². The van der Waals surface area contributed by atoms with Crippen LogP contribution in [0, 0.1) is 12.7 Å². The molecule has 1 N–H and O–H groups in total. The maximum absolute atomic E-state index is 13.8. The zero-order chi connectivity index (χ0) is 18.0. The van der Waals surface area contributed by atoms with E-state index in [0.717, 1.165) is 24.2 Å². The Hall–Kier alpha value is -2.40. The number of anilines is 2. The Labute approximate surface area is 150 Å². The number of halogens is 2. The van der Waals surface area contributed by atoms with E-state index < -0.39 is 5.82 Å². The van der Waals surface area contributed by atoms with E-state index in [4.69, 9.17) is 11.6 Å². The zero-order valence-electron chi connectivity index (χ0n) is 13.8. The molecule has 4 nitrogen and oxygen atoms in total. The first-order valence-corrected chi connectivity index (χ1v) is 8.47. The van der Waals surface area contributed by atoms with Crippen LogP contribution in [0.1, 0.15) is 24.0 Å². The molecule has 0 aliphatic carbocycles. The smallest absolute Gasteiger partial charge is 0.228 e. The molecule has 1 fully saturated rings. The van der Waals surface area contributed by atoms with Crippen LogP contribution < -0.4 is 10.2 Å². The number of carbonyl (C=O) groups is 2. The van der Waals surface area contributed by atoms with Crippen molar-refractivity contribution in [2.75, 3.05) is 16.8 Å². The Kier molecular flexibility index (Phi) is 5.04. The summed E-state index contributed by atoms with van der Waals surface area (Å²) in [5, 5.41) is 2.98. The lowest BCUT2D eigenvalue weighted by Gasteiger charge is -2.19. The Morgan fingerprint density at radius 1 is 1.32 bits per heavy atom. The van der Waals surface area contributed by atoms with E-state index in [1.54, 1.807) is 17.0 Å². The third kappa shape index (κ3) is 3.82. The van der Waals surface area contributed by atoms with E-state index in [0.29, 0.717) is 12.1 Å². The lowest BCUT2D eigenvalue weighted by Crippen LogP contribution is -2.24. The van der Waals surface area contributed by atoms with Gasteiger partial charge in [-0.1, -0.05) is 17.7 Å². The second kappa shape index (κ2) is 7.23. The fourth-order valence-electron chi connectivity index (χ4n) is 3.01. The average molecular weight is 361 g/mol. The van der Waals surface area contributed by atoms with Gasteiger partial charge in [-0.3, -0.25) is 9.59 Å². The SMILES string of the molecule is Cc1cc(NC(=O)Cc2c(F)cccc2Cl)ccc1N1CCCC1=O. The van der Waals surface area contributed by atoms with E-state index >= 15 is 0 Å². The predicted octanol–water partition coefficient (Wildman–Crippen LogP) is 4.10. The second-order valence-corrected chi connectivity index (χ2v) is 6.48. The first-order chi connectivity index (χ1) is 12.0. The van der Waals surface area contributed by atoms with Gasteiger partial charge in [-0.15, -0.1) is 0 Å². The standard InChI is InChI=1S/C19H18ClFN2O2/c1-12-10-13(7-8-17(12)23-9-3-6-19(23)25)22-18(24)11-14-15(20)4-2-5-16(14)21/h2,4-5,7-8,10H,3,6,9,11H2,1H3,(H,22,24). The summed E-state index contributed by atoms with van der Waals surface area (Å²) >= 11 is 5.95. The normalized spacial score (nSPS) is 14.0. The highest BCUT2D eigenvalue weighted by Crippen LogP contribution is 2.27. The van der Waals surface area contributed by atoms with E-state index in [1.165, 1.54) is 12.1 Å². The summed E-state index contributed by atoms with van der Waals surface area (Å²) in [5.41, 5.74) is 2.54. The summed E-state index contributed by atoms with van der Waals surface area (Å²) in [6.45, 7) is 2.61. The summed E-state index contributed by atoms with van der Waals surface area (Å²) in [7, 11) is 0. The van der Waals surface area contributed by atoms with E-state index in [9.17, 15) is 14.0 Å². The number of nitrogens with one attached hydrogen (secondary N) is 1. The van der Waals surface area contributed by atoms with E-state index in [2.05, 4.69) is 5.32 Å². The summed E-state index contributed by atoms with van der Waals surface area (Å²) in [4.78, 5) is 25.8. The van der Waals surface area contributed by atoms with Gasteiger partial charge in [-0.05, 0) is 49.2 Å². The van der Waals surface area contributed by atoms with Crippen LogP contribution in [0.25, 0.3) is 0 Å². The van der Waals surface area contributed by atoms with Gasteiger partial charge < -0.3 is 10.2 Å². The maximum Gasteiger partial charge on any atom is 0.228 e. The first kappa shape index (κ1) is 17.4. The largest absolute Gasteiger partial charge is 0.326 e. The van der Waals surface area contributed by atoms with Crippen LogP contribution in [0.5, 0.6) is 0 Å². The summed E-state index contributed by atoms with van der Waals surface area (Å²) < 4.78 is 13.8. The van der Waals surface area contributed by atoms with Crippen molar-refractivity contribution in [1.82, 2.24) is 0 Å². The van der Waals surface area contributed by atoms with Crippen molar-refractivity contribution in [1.29, 1.82) is 0 Å². The summed E-state index contributed by atoms with van der Waals surface area (Å²) in [5.74, 6) is -0.729. The van der Waals surface area contributed by atoms with Gasteiger partial charge in [0, 0.05) is 34.9 Å². The Morgan fingerprint density at radius 3 is 2.76 bits per heavy atom. The summed E-state index contributed by atoms with van der Waals surface area (Å²) in [6, 6.07) is 9.71. The lowest BCUT2D eigenvalue weighted by atomic mass is 10.1. The quantitative estimate of drug-likeness (QED) is 0.892. The van der Waals surface area contributed by atoms with E-state index in [1.807, 2.05) is 19.1 Å². The molecular weight excluding hydrogens is 343 g/mol. The number of amides is 2. The van der Waals surface area contributed by atoms with Gasteiger partial charge >= 0.3 is 0 Å². The highest BCUT2D eigenvalue weighted by Gasteiger charge is 2.23. The minimum Gasteiger partial charge on any atom is -0.326 e. The Bertz CT molecular complexity index is 818. The van der Waals surface area contributed by atoms with Crippen molar-refractivity contribution < 1.29 is 14.0 Å². The van der Waals surface area contributed by atoms with Crippen LogP contribution >= 0.6 is 11.6 Å². The topological polar surface area (TPSA) is 49.4 Å². The van der Waals surface area contributed by atoms with Crippen molar-refractivity contribution in [2.24, 2.45) is 0 Å². The number of rotatable bonds is 4. The lowest BCUT2D eigenvalue weighted by molar-refractivity contribution is -0.117. The molecule has 2 aromatic carbocycles. The van der Waals surface area contributed by atoms with Crippen LogP contribution in [-0.4, -0.2) is 18.4 Å². The summed E-state index contributed by atoms with van der Waals surface area (Å²) in [6.07, 6.45) is 1.29. The molecule has 0 saturated carbocycles. The molecule has 2 aromatic rings. The molecule has 0 aromatic heterocycles. The molecule has 1 saturated heterocycles. The predicted molar refractivity (Wildman–Crippen MR) is 96.5 cm³/mol. The van der Waals surface area contributed by atoms with Crippen LogP contribution in [0.4, 0.5) is 15.8 Å². The van der Waals surface area contributed by atoms with Crippen molar-refractivity contribution in [2.45, 2.75) is 26.2 Å². The third-order valence-corrected chi connectivity index (χ3v) is 4.60. The molecule has 0 unspecified atom stereocenters. The number of nitrogens with zero attached hydrogens (tertiary/aromatic N) is 1. The molecule has 1 heterocycles. The molecule has 6 heteroatoms. The van der Waals surface area contributed by atoms with Gasteiger partial charge in [0.05, 0.1) is 6.42 Å². The number of hydrogen-bond acceptors (Lipinski definition) is 2. The Balaban J connectivity index is 1.72.